The van der Waals surface area contributed by atoms with E-state index in [2.05, 4.69) is 35.3 Å². The van der Waals surface area contributed by atoms with E-state index in [0.29, 0.717) is 5.92 Å². The lowest BCUT2D eigenvalue weighted by Crippen LogP contribution is -2.28. The van der Waals surface area contributed by atoms with Gasteiger partial charge in [-0.3, -0.25) is 0 Å². The molecule has 1 aromatic heterocycles. The van der Waals surface area contributed by atoms with Gasteiger partial charge in [-0.1, -0.05) is 0 Å². The Labute approximate surface area is 72.6 Å². The molecule has 1 aromatic rings. The van der Waals surface area contributed by atoms with Crippen molar-refractivity contribution in [3.63, 3.8) is 0 Å². The molecule has 0 saturated carbocycles. The zero-order valence-corrected chi connectivity index (χ0v) is 7.33. The zero-order valence-electron chi connectivity index (χ0n) is 7.33. The predicted molar refractivity (Wildman–Crippen MR) is 49.0 cm³/mol. The fourth-order valence-corrected chi connectivity index (χ4v) is 1.88. The fourth-order valence-electron chi connectivity index (χ4n) is 1.88. The van der Waals surface area contributed by atoms with Crippen LogP contribution in [0.15, 0.2) is 18.3 Å². The van der Waals surface area contributed by atoms with E-state index in [9.17, 15) is 0 Å². The van der Waals surface area contributed by atoms with Crippen molar-refractivity contribution < 1.29 is 0 Å². The van der Waals surface area contributed by atoms with Gasteiger partial charge in [-0.25, -0.2) is 0 Å². The molecule has 1 fully saturated rings. The van der Waals surface area contributed by atoms with Crippen molar-refractivity contribution >= 4 is 0 Å². The second-order valence-electron chi connectivity index (χ2n) is 3.47. The first kappa shape index (κ1) is 7.83. The van der Waals surface area contributed by atoms with Crippen LogP contribution in [0.1, 0.15) is 11.6 Å². The monoisotopic (exact) mass is 165 g/mol. The summed E-state index contributed by atoms with van der Waals surface area (Å²) in [4.78, 5) is 0. The average molecular weight is 165 g/mol. The van der Waals surface area contributed by atoms with Gasteiger partial charge in [0.2, 0.25) is 0 Å². The second kappa shape index (κ2) is 2.92. The molecule has 0 bridgehead atoms. The minimum atomic E-state index is 0.276. The van der Waals surface area contributed by atoms with Gasteiger partial charge < -0.3 is 15.6 Å². The van der Waals surface area contributed by atoms with Gasteiger partial charge >= 0.3 is 0 Å². The van der Waals surface area contributed by atoms with Gasteiger partial charge in [-0.05, 0) is 12.1 Å². The van der Waals surface area contributed by atoms with E-state index in [0.717, 1.165) is 13.1 Å². The quantitative estimate of drug-likeness (QED) is 0.617. The second-order valence-corrected chi connectivity index (χ2v) is 3.47. The molecule has 2 atom stereocenters. The van der Waals surface area contributed by atoms with Crippen LogP contribution < -0.4 is 11.1 Å². The lowest BCUT2D eigenvalue weighted by atomic mass is 10.0. The van der Waals surface area contributed by atoms with Crippen LogP contribution in [0.3, 0.4) is 0 Å². The Morgan fingerprint density at radius 2 is 2.42 bits per heavy atom. The molecule has 0 aliphatic carbocycles. The van der Waals surface area contributed by atoms with Crippen LogP contribution in [0, 0.1) is 0 Å². The average Bonchev–Trinajstić information content (AvgIpc) is 2.59. The van der Waals surface area contributed by atoms with Crippen LogP contribution in [0.2, 0.25) is 0 Å². The van der Waals surface area contributed by atoms with Gasteiger partial charge in [-0.2, -0.15) is 0 Å². The SMILES string of the molecule is Cn1cccc1[C@H]1CNC[C@@H]1N. The first-order chi connectivity index (χ1) is 5.79. The molecule has 3 N–H and O–H groups in total. The maximum Gasteiger partial charge on any atom is 0.0280 e. The third kappa shape index (κ3) is 1.15. The molecular formula is C9H15N3. The van der Waals surface area contributed by atoms with Gasteiger partial charge in [0.05, 0.1) is 0 Å². The Kier molecular flexibility index (Phi) is 1.90. The van der Waals surface area contributed by atoms with Gasteiger partial charge in [0.15, 0.2) is 0 Å². The van der Waals surface area contributed by atoms with Crippen molar-refractivity contribution in [1.29, 1.82) is 0 Å². The summed E-state index contributed by atoms with van der Waals surface area (Å²) < 4.78 is 2.15. The number of hydrogen-bond acceptors (Lipinski definition) is 2. The van der Waals surface area contributed by atoms with Crippen molar-refractivity contribution in [1.82, 2.24) is 9.88 Å². The molecule has 1 aliphatic heterocycles. The Morgan fingerprint density at radius 1 is 1.58 bits per heavy atom. The fraction of sp³-hybridized carbons (Fsp3) is 0.556. The molecule has 2 rings (SSSR count). The van der Waals surface area contributed by atoms with Gasteiger partial charge in [0.1, 0.15) is 0 Å². The summed E-state index contributed by atoms with van der Waals surface area (Å²) in [6.07, 6.45) is 2.07. The number of aryl methyl sites for hydroxylation is 1. The summed E-state index contributed by atoms with van der Waals surface area (Å²) in [5.74, 6) is 0.491. The largest absolute Gasteiger partial charge is 0.354 e. The Hall–Kier alpha value is -0.800. The molecule has 0 radical (unpaired) electrons. The van der Waals surface area contributed by atoms with Crippen molar-refractivity contribution in [2.75, 3.05) is 13.1 Å². The summed E-state index contributed by atoms with van der Waals surface area (Å²) in [5.41, 5.74) is 7.30. The van der Waals surface area contributed by atoms with Gasteiger partial charge in [0.25, 0.3) is 0 Å². The summed E-state index contributed by atoms with van der Waals surface area (Å²) >= 11 is 0. The van der Waals surface area contributed by atoms with Crippen LogP contribution in [0.5, 0.6) is 0 Å². The molecule has 0 spiro atoms. The smallest absolute Gasteiger partial charge is 0.0280 e. The van der Waals surface area contributed by atoms with Crippen molar-refractivity contribution in [2.45, 2.75) is 12.0 Å². The number of rotatable bonds is 1. The predicted octanol–water partition coefficient (Wildman–Crippen LogP) is 0.0392. The molecule has 1 aliphatic rings. The van der Waals surface area contributed by atoms with E-state index >= 15 is 0 Å². The molecule has 12 heavy (non-hydrogen) atoms. The highest BCUT2D eigenvalue weighted by Crippen LogP contribution is 2.20. The van der Waals surface area contributed by atoms with Crippen molar-refractivity contribution in [2.24, 2.45) is 12.8 Å². The minimum absolute atomic E-state index is 0.276. The van der Waals surface area contributed by atoms with Crippen molar-refractivity contribution in [3.05, 3.63) is 24.0 Å². The van der Waals surface area contributed by atoms with E-state index < -0.39 is 0 Å². The van der Waals surface area contributed by atoms with E-state index in [-0.39, 0.29) is 6.04 Å². The number of aromatic nitrogens is 1. The Balaban J connectivity index is 2.24. The highest BCUT2D eigenvalue weighted by Gasteiger charge is 2.26. The molecule has 2 heterocycles. The molecule has 66 valence electrons. The topological polar surface area (TPSA) is 43.0 Å². The summed E-state index contributed by atoms with van der Waals surface area (Å²) in [6.45, 7) is 1.95. The molecule has 0 amide bonds. The maximum absolute atomic E-state index is 5.96. The number of nitrogens with one attached hydrogen (secondary N) is 1. The van der Waals surface area contributed by atoms with E-state index in [1.54, 1.807) is 0 Å². The molecule has 1 saturated heterocycles. The zero-order chi connectivity index (χ0) is 8.55. The summed E-state index contributed by atoms with van der Waals surface area (Å²) in [7, 11) is 2.07. The minimum Gasteiger partial charge on any atom is -0.354 e. The third-order valence-electron chi connectivity index (χ3n) is 2.62. The lowest BCUT2D eigenvalue weighted by Gasteiger charge is -2.14. The third-order valence-corrected chi connectivity index (χ3v) is 2.62. The van der Waals surface area contributed by atoms with Crippen LogP contribution in [-0.2, 0) is 7.05 Å². The highest BCUT2D eigenvalue weighted by atomic mass is 15.0. The molecular weight excluding hydrogens is 150 g/mol. The number of nitrogens with two attached hydrogens (primary N) is 1. The molecule has 3 nitrogen and oxygen atoms in total. The Bertz CT molecular complexity index is 266. The molecule has 3 heteroatoms. The molecule has 0 unspecified atom stereocenters. The van der Waals surface area contributed by atoms with Crippen LogP contribution >= 0.6 is 0 Å². The van der Waals surface area contributed by atoms with Crippen LogP contribution in [0.4, 0.5) is 0 Å². The van der Waals surface area contributed by atoms with E-state index in [4.69, 9.17) is 5.73 Å². The van der Waals surface area contributed by atoms with Crippen molar-refractivity contribution in [3.8, 4) is 0 Å². The number of nitrogens with zero attached hydrogens (tertiary/aromatic N) is 1. The normalized spacial score (nSPS) is 29.5. The van der Waals surface area contributed by atoms with E-state index in [1.165, 1.54) is 5.69 Å². The lowest BCUT2D eigenvalue weighted by molar-refractivity contribution is 0.611. The van der Waals surface area contributed by atoms with Crippen LogP contribution in [0.25, 0.3) is 0 Å². The number of hydrogen-bond donors (Lipinski definition) is 2. The first-order valence-corrected chi connectivity index (χ1v) is 4.36. The van der Waals surface area contributed by atoms with Gasteiger partial charge in [0, 0.05) is 44.0 Å². The molecule has 0 aromatic carbocycles. The summed E-state index contributed by atoms with van der Waals surface area (Å²) in [6, 6.07) is 4.50. The van der Waals surface area contributed by atoms with Gasteiger partial charge in [-0.15, -0.1) is 0 Å². The first-order valence-electron chi connectivity index (χ1n) is 4.36. The standard InChI is InChI=1S/C9H15N3/c1-12-4-2-3-9(12)7-5-11-6-8(7)10/h2-4,7-8,11H,5-6,10H2,1H3/t7-,8-/m0/s1. The van der Waals surface area contributed by atoms with Crippen LogP contribution in [-0.4, -0.2) is 23.7 Å². The maximum atomic E-state index is 5.96. The highest BCUT2D eigenvalue weighted by molar-refractivity contribution is 5.17. The Morgan fingerprint density at radius 3 is 2.92 bits per heavy atom. The summed E-state index contributed by atoms with van der Waals surface area (Å²) in [5, 5.41) is 3.30. The van der Waals surface area contributed by atoms with E-state index in [1.807, 2.05) is 0 Å².